The Morgan fingerprint density at radius 3 is 2.32 bits per heavy atom. The van der Waals surface area contributed by atoms with Crippen LogP contribution in [-0.2, 0) is 16.8 Å². The van der Waals surface area contributed by atoms with Crippen molar-refractivity contribution in [2.24, 2.45) is 5.92 Å². The molecule has 0 atom stereocenters. The summed E-state index contributed by atoms with van der Waals surface area (Å²) in [5.41, 5.74) is 3.28. The van der Waals surface area contributed by atoms with E-state index in [1.807, 2.05) is 0 Å². The molecule has 4 rings (SSSR count). The van der Waals surface area contributed by atoms with Gasteiger partial charge in [0.05, 0.1) is 5.41 Å². The minimum atomic E-state index is -0.962. The van der Waals surface area contributed by atoms with Gasteiger partial charge in [-0.05, 0) is 88.2 Å². The zero-order valence-corrected chi connectivity index (χ0v) is 22.9. The van der Waals surface area contributed by atoms with Crippen LogP contribution in [0.3, 0.4) is 0 Å². The zero-order chi connectivity index (χ0) is 26.6. The number of hydrogen-bond acceptors (Lipinski definition) is 3. The lowest BCUT2D eigenvalue weighted by Gasteiger charge is -2.32. The van der Waals surface area contributed by atoms with Crippen molar-refractivity contribution in [2.75, 3.05) is 19.6 Å². The molecule has 0 spiro atoms. The van der Waals surface area contributed by atoms with Crippen LogP contribution in [0.2, 0.25) is 0 Å². The number of nitrogens with zero attached hydrogens (tertiary/aromatic N) is 2. The Hall–Kier alpha value is -2.92. The number of carbonyl (C=O) groups excluding carboxylic acids is 1. The number of piperidine rings is 1. The SMILES string of the molecule is CC(C)CCn1cc(C2CCN(CCCC(=O)c3ccc(C(C)(C)C(=O)O)cc3)CC2)c2ccccc21. The second-order valence-corrected chi connectivity index (χ2v) is 11.6. The van der Waals surface area contributed by atoms with Gasteiger partial charge in [-0.1, -0.05) is 56.3 Å². The number of hydrogen-bond donors (Lipinski definition) is 1. The Morgan fingerprint density at radius 2 is 1.68 bits per heavy atom. The molecule has 1 aromatic heterocycles. The molecule has 0 aliphatic carbocycles. The maximum atomic E-state index is 12.7. The van der Waals surface area contributed by atoms with Gasteiger partial charge in [0.25, 0.3) is 0 Å². The summed E-state index contributed by atoms with van der Waals surface area (Å²) in [5.74, 6) is 0.552. The molecule has 1 fully saturated rings. The Bertz CT molecular complexity index is 1210. The normalized spacial score (nSPS) is 15.5. The molecule has 198 valence electrons. The molecule has 1 aliphatic heterocycles. The van der Waals surface area contributed by atoms with E-state index in [0.29, 0.717) is 29.4 Å². The van der Waals surface area contributed by atoms with Crippen LogP contribution in [0.4, 0.5) is 0 Å². The van der Waals surface area contributed by atoms with E-state index < -0.39 is 11.4 Å². The largest absolute Gasteiger partial charge is 0.481 e. The third-order valence-corrected chi connectivity index (χ3v) is 8.14. The molecule has 37 heavy (non-hydrogen) atoms. The number of benzene rings is 2. The van der Waals surface area contributed by atoms with Crippen molar-refractivity contribution < 1.29 is 14.7 Å². The second kappa shape index (κ2) is 11.6. The molecule has 2 aromatic carbocycles. The number of aromatic nitrogens is 1. The minimum absolute atomic E-state index is 0.128. The fourth-order valence-corrected chi connectivity index (χ4v) is 5.45. The molecule has 2 heterocycles. The van der Waals surface area contributed by atoms with Crippen LogP contribution >= 0.6 is 0 Å². The fraction of sp³-hybridized carbons (Fsp3) is 0.500. The van der Waals surface area contributed by atoms with E-state index >= 15 is 0 Å². The number of aliphatic carboxylic acids is 1. The van der Waals surface area contributed by atoms with Crippen molar-refractivity contribution in [3.8, 4) is 0 Å². The first-order chi connectivity index (χ1) is 17.7. The van der Waals surface area contributed by atoms with Crippen LogP contribution < -0.4 is 0 Å². The molecule has 0 amide bonds. The number of Topliss-reactive ketones (excluding diaryl/α,β-unsaturated/α-hetero) is 1. The van der Waals surface area contributed by atoms with Crippen LogP contribution in [-0.4, -0.2) is 46.0 Å². The smallest absolute Gasteiger partial charge is 0.313 e. The predicted molar refractivity (Wildman–Crippen MR) is 150 cm³/mol. The molecule has 0 unspecified atom stereocenters. The summed E-state index contributed by atoms with van der Waals surface area (Å²) >= 11 is 0. The van der Waals surface area contributed by atoms with Crippen molar-refractivity contribution in [1.29, 1.82) is 0 Å². The van der Waals surface area contributed by atoms with E-state index in [0.717, 1.165) is 45.4 Å². The number of carboxylic acids is 1. The minimum Gasteiger partial charge on any atom is -0.481 e. The van der Waals surface area contributed by atoms with Crippen LogP contribution in [0.15, 0.2) is 54.7 Å². The second-order valence-electron chi connectivity index (χ2n) is 11.6. The predicted octanol–water partition coefficient (Wildman–Crippen LogP) is 6.89. The monoisotopic (exact) mass is 502 g/mol. The van der Waals surface area contributed by atoms with E-state index in [-0.39, 0.29) is 5.78 Å². The average Bonchev–Trinajstić information content (AvgIpc) is 3.26. The molecule has 5 nitrogen and oxygen atoms in total. The van der Waals surface area contributed by atoms with Gasteiger partial charge in [-0.2, -0.15) is 0 Å². The van der Waals surface area contributed by atoms with Gasteiger partial charge in [0.2, 0.25) is 0 Å². The van der Waals surface area contributed by atoms with Crippen molar-refractivity contribution in [3.05, 3.63) is 71.4 Å². The number of para-hydroxylation sites is 1. The highest BCUT2D eigenvalue weighted by molar-refractivity contribution is 5.96. The lowest BCUT2D eigenvalue weighted by Crippen LogP contribution is -2.33. The lowest BCUT2D eigenvalue weighted by molar-refractivity contribution is -0.142. The third kappa shape index (κ3) is 6.32. The number of carbonyl (C=O) groups is 2. The molecule has 1 N–H and O–H groups in total. The molecular weight excluding hydrogens is 460 g/mol. The van der Waals surface area contributed by atoms with Crippen LogP contribution in [0.5, 0.6) is 0 Å². The first-order valence-corrected chi connectivity index (χ1v) is 13.8. The van der Waals surface area contributed by atoms with Gasteiger partial charge >= 0.3 is 5.97 Å². The molecule has 0 saturated carbocycles. The standard InChI is InChI=1S/C32H42N2O3/c1-23(2)15-21-34-22-28(27-8-5-6-9-29(27)34)24-16-19-33(20-17-24)18-7-10-30(35)25-11-13-26(14-12-25)32(3,4)31(36)37/h5-6,8-9,11-14,22-24H,7,10,15-21H2,1-4H3,(H,36,37). The molecule has 0 radical (unpaired) electrons. The van der Waals surface area contributed by atoms with E-state index in [9.17, 15) is 14.7 Å². The molecule has 5 heteroatoms. The Kier molecular flexibility index (Phi) is 8.53. The van der Waals surface area contributed by atoms with E-state index in [2.05, 4.69) is 53.8 Å². The molecule has 1 saturated heterocycles. The number of carboxylic acid groups (broad SMARTS) is 1. The molecule has 3 aromatic rings. The van der Waals surface area contributed by atoms with E-state index in [4.69, 9.17) is 0 Å². The maximum Gasteiger partial charge on any atom is 0.313 e. The zero-order valence-electron chi connectivity index (χ0n) is 22.9. The van der Waals surface area contributed by atoms with Crippen molar-refractivity contribution in [1.82, 2.24) is 9.47 Å². The third-order valence-electron chi connectivity index (χ3n) is 8.14. The topological polar surface area (TPSA) is 62.5 Å². The van der Waals surface area contributed by atoms with Gasteiger partial charge in [-0.25, -0.2) is 0 Å². The fourth-order valence-electron chi connectivity index (χ4n) is 5.45. The first kappa shape index (κ1) is 27.1. The summed E-state index contributed by atoms with van der Waals surface area (Å²) in [6.45, 7) is 12.1. The van der Waals surface area contributed by atoms with Crippen molar-refractivity contribution in [2.45, 2.75) is 77.7 Å². The summed E-state index contributed by atoms with van der Waals surface area (Å²) in [5, 5.41) is 10.8. The highest BCUT2D eigenvalue weighted by Crippen LogP contribution is 2.35. The highest BCUT2D eigenvalue weighted by atomic mass is 16.4. The van der Waals surface area contributed by atoms with E-state index in [1.54, 1.807) is 38.1 Å². The quantitative estimate of drug-likeness (QED) is 0.290. The van der Waals surface area contributed by atoms with Crippen LogP contribution in [0, 0.1) is 5.92 Å². The van der Waals surface area contributed by atoms with Crippen molar-refractivity contribution in [3.63, 3.8) is 0 Å². The van der Waals surface area contributed by atoms with Gasteiger partial charge in [-0.15, -0.1) is 0 Å². The average molecular weight is 503 g/mol. The number of fused-ring (bicyclic) bond motifs is 1. The Morgan fingerprint density at radius 1 is 1.00 bits per heavy atom. The summed E-state index contributed by atoms with van der Waals surface area (Å²) in [6, 6.07) is 15.9. The summed E-state index contributed by atoms with van der Waals surface area (Å²) in [4.78, 5) is 26.7. The van der Waals surface area contributed by atoms with Crippen LogP contribution in [0.25, 0.3) is 10.9 Å². The van der Waals surface area contributed by atoms with E-state index in [1.165, 1.54) is 22.9 Å². The van der Waals surface area contributed by atoms with Gasteiger partial charge in [0.15, 0.2) is 5.78 Å². The van der Waals surface area contributed by atoms with Gasteiger partial charge in [0, 0.05) is 35.6 Å². The van der Waals surface area contributed by atoms with Gasteiger partial charge in [-0.3, -0.25) is 9.59 Å². The molecular formula is C32H42N2O3. The van der Waals surface area contributed by atoms with Crippen molar-refractivity contribution >= 4 is 22.7 Å². The number of ketones is 1. The van der Waals surface area contributed by atoms with Gasteiger partial charge in [0.1, 0.15) is 0 Å². The summed E-state index contributed by atoms with van der Waals surface area (Å²) in [7, 11) is 0. The number of aryl methyl sites for hydroxylation is 1. The highest BCUT2D eigenvalue weighted by Gasteiger charge is 2.29. The van der Waals surface area contributed by atoms with Gasteiger partial charge < -0.3 is 14.6 Å². The number of likely N-dealkylation sites (tertiary alicyclic amines) is 1. The molecule has 1 aliphatic rings. The number of rotatable bonds is 11. The molecule has 0 bridgehead atoms. The Balaban J connectivity index is 1.28. The summed E-state index contributed by atoms with van der Waals surface area (Å²) < 4.78 is 2.46. The Labute approximate surface area is 221 Å². The van der Waals surface area contributed by atoms with Crippen LogP contribution in [0.1, 0.15) is 87.2 Å². The summed E-state index contributed by atoms with van der Waals surface area (Å²) in [6.07, 6.45) is 7.29. The first-order valence-electron chi connectivity index (χ1n) is 13.8. The lowest BCUT2D eigenvalue weighted by atomic mass is 9.84. The maximum absolute atomic E-state index is 12.7.